The Labute approximate surface area is 756 Å². The zero-order valence-electron chi connectivity index (χ0n) is 83.5. The van der Waals surface area contributed by atoms with E-state index in [-0.39, 0.29) is 28.1 Å². The SMILES string of the molecule is CCCCCCCCCCCCOP(OCCCCCCCCCCCC)Oc1cc(C)c(C(C)CC(c2cc(C(C)(C)C)c(OP(OCCCCCCCCCCCC)OCCCCCCCCCCCC)cc2C)c2cc(C(C)(C)C)c(OP(OCCCCCCCCCCCC)OCCCCCCCCCCCC)cc2C)cc1C(C)(C)C. The summed E-state index contributed by atoms with van der Waals surface area (Å²) in [5.74, 6) is 2.76. The highest BCUT2D eigenvalue weighted by atomic mass is 31.2. The van der Waals surface area contributed by atoms with E-state index < -0.39 is 25.8 Å². The highest BCUT2D eigenvalue weighted by Gasteiger charge is 2.34. The molecule has 1 atom stereocenters. The summed E-state index contributed by atoms with van der Waals surface area (Å²) in [5, 5.41) is 0. The third-order valence-corrected chi connectivity index (χ3v) is 28.5. The van der Waals surface area contributed by atoms with Crippen LogP contribution in [0.25, 0.3) is 0 Å². The van der Waals surface area contributed by atoms with Crippen LogP contribution in [0.3, 0.4) is 0 Å². The van der Waals surface area contributed by atoms with Crippen LogP contribution < -0.4 is 13.6 Å². The van der Waals surface area contributed by atoms with E-state index in [4.69, 9.17) is 40.7 Å². The number of hydrogen-bond donors (Lipinski definition) is 0. The van der Waals surface area contributed by atoms with Crippen LogP contribution in [0.4, 0.5) is 0 Å². The molecule has 3 aromatic rings. The molecule has 0 spiro atoms. The lowest BCUT2D eigenvalue weighted by molar-refractivity contribution is 0.197. The first-order chi connectivity index (χ1) is 58.5. The van der Waals surface area contributed by atoms with Gasteiger partial charge in [0.15, 0.2) is 0 Å². The van der Waals surface area contributed by atoms with Gasteiger partial charge in [0.05, 0.1) is 39.6 Å². The minimum atomic E-state index is -1.66. The van der Waals surface area contributed by atoms with E-state index in [9.17, 15) is 0 Å². The van der Waals surface area contributed by atoms with Crippen molar-refractivity contribution in [1.29, 1.82) is 0 Å². The Hall–Kier alpha value is -1.89. The number of unbranched alkanes of at least 4 members (excludes halogenated alkanes) is 54. The van der Waals surface area contributed by atoms with Crippen LogP contribution in [0, 0.1) is 20.8 Å². The van der Waals surface area contributed by atoms with E-state index in [1.165, 1.54) is 397 Å². The molecular formula is C109H199O9P3. The summed E-state index contributed by atoms with van der Waals surface area (Å²) in [6.07, 6.45) is 77.9. The fraction of sp³-hybridized carbons (Fsp3) is 0.835. The van der Waals surface area contributed by atoms with Gasteiger partial charge in [0.1, 0.15) is 17.2 Å². The molecule has 0 fully saturated rings. The van der Waals surface area contributed by atoms with E-state index in [0.717, 1.165) is 62.2 Å². The molecule has 121 heavy (non-hydrogen) atoms. The van der Waals surface area contributed by atoms with Crippen LogP contribution in [0.5, 0.6) is 17.2 Å². The fourth-order valence-corrected chi connectivity index (χ4v) is 20.3. The maximum Gasteiger partial charge on any atom is 0.397 e. The third-order valence-electron chi connectivity index (χ3n) is 25.1. The van der Waals surface area contributed by atoms with Gasteiger partial charge in [-0.2, -0.15) is 0 Å². The summed E-state index contributed by atoms with van der Waals surface area (Å²) in [7, 11) is -4.94. The first-order valence-electron chi connectivity index (χ1n) is 52.2. The lowest BCUT2D eigenvalue weighted by Gasteiger charge is -2.33. The lowest BCUT2D eigenvalue weighted by Crippen LogP contribution is -2.19. The van der Waals surface area contributed by atoms with E-state index in [1.54, 1.807) is 0 Å². The molecule has 0 aliphatic heterocycles. The van der Waals surface area contributed by atoms with Gasteiger partial charge in [-0.15, -0.1) is 0 Å². The number of rotatable bonds is 83. The average molecular weight is 1750 g/mol. The first kappa shape index (κ1) is 113. The molecule has 12 heteroatoms. The van der Waals surface area contributed by atoms with E-state index >= 15 is 0 Å². The van der Waals surface area contributed by atoms with Crippen molar-refractivity contribution in [3.8, 4) is 17.2 Å². The van der Waals surface area contributed by atoms with Crippen molar-refractivity contribution in [1.82, 2.24) is 0 Å². The smallest absolute Gasteiger partial charge is 0.397 e. The maximum absolute atomic E-state index is 7.28. The van der Waals surface area contributed by atoms with E-state index in [1.807, 2.05) is 0 Å². The molecule has 0 radical (unpaired) electrons. The van der Waals surface area contributed by atoms with Crippen LogP contribution >= 0.6 is 25.8 Å². The Morgan fingerprint density at radius 2 is 0.380 bits per heavy atom. The first-order valence-corrected chi connectivity index (χ1v) is 55.5. The zero-order chi connectivity index (χ0) is 88.3. The molecule has 3 rings (SSSR count). The molecule has 0 saturated heterocycles. The summed E-state index contributed by atoms with van der Waals surface area (Å²) >= 11 is 0. The normalized spacial score (nSPS) is 12.6. The van der Waals surface area contributed by atoms with Crippen LogP contribution in [-0.4, -0.2) is 39.6 Å². The van der Waals surface area contributed by atoms with Crippen molar-refractivity contribution in [3.05, 3.63) is 86.5 Å². The Balaban J connectivity index is 2.24. The molecule has 0 aliphatic rings. The van der Waals surface area contributed by atoms with Crippen molar-refractivity contribution < 1.29 is 40.7 Å². The van der Waals surface area contributed by atoms with Gasteiger partial charge in [0.25, 0.3) is 0 Å². The fourth-order valence-electron chi connectivity index (χ4n) is 17.1. The van der Waals surface area contributed by atoms with E-state index in [0.29, 0.717) is 39.6 Å². The highest BCUT2D eigenvalue weighted by molar-refractivity contribution is 7.42. The molecule has 0 aromatic heterocycles. The molecule has 704 valence electrons. The average Bonchev–Trinajstić information content (AvgIpc) is 0.761. The number of hydrogen-bond acceptors (Lipinski definition) is 9. The van der Waals surface area contributed by atoms with Gasteiger partial charge in [0.2, 0.25) is 0 Å². The van der Waals surface area contributed by atoms with Crippen molar-refractivity contribution >= 4 is 25.8 Å². The molecule has 0 heterocycles. The quantitative estimate of drug-likeness (QED) is 0.0405. The standard InChI is InChI=1S/C109H199O9P3/c1-20-26-32-38-44-50-56-62-68-74-80-110-119(111-81-75-69-63-57-51-45-39-33-27-21-2)116-104-87-94(8)97(90-101(104)107(11,12)13)93(7)86-100(98-91-102(108(14,15)16)105(88-95(98)9)117-120(112-82-76-70-64-58-52-46-40-34-28-22-3)113-83-77-71-65-59-53-47-41-35-29-23-4)99-92-103(109(17,18)19)106(89-96(99)10)118-121(114-84-78-72-66-60-54-48-42-36-30-24-5)115-85-79-73-67-61-55-49-43-37-31-25-6/h87-93,100H,20-86H2,1-19H3. The van der Waals surface area contributed by atoms with Gasteiger partial charge in [-0.05, 0) is 139 Å². The summed E-state index contributed by atoms with van der Waals surface area (Å²) in [4.78, 5) is 0. The van der Waals surface area contributed by atoms with Gasteiger partial charge in [-0.1, -0.05) is 476 Å². The van der Waals surface area contributed by atoms with Gasteiger partial charge < -0.3 is 40.7 Å². The van der Waals surface area contributed by atoms with Crippen molar-refractivity contribution in [2.24, 2.45) is 0 Å². The summed E-state index contributed by atoms with van der Waals surface area (Å²) in [6, 6.07) is 14.6. The van der Waals surface area contributed by atoms with Crippen LogP contribution in [0.2, 0.25) is 0 Å². The van der Waals surface area contributed by atoms with Gasteiger partial charge in [-0.3, -0.25) is 0 Å². The van der Waals surface area contributed by atoms with Crippen molar-refractivity contribution in [3.63, 3.8) is 0 Å². The van der Waals surface area contributed by atoms with Gasteiger partial charge in [-0.25, -0.2) is 0 Å². The largest absolute Gasteiger partial charge is 0.426 e. The van der Waals surface area contributed by atoms with Crippen LogP contribution in [0.1, 0.15) is 564 Å². The molecule has 3 aromatic carbocycles. The minimum Gasteiger partial charge on any atom is -0.426 e. The summed E-state index contributed by atoms with van der Waals surface area (Å²) in [5.41, 5.74) is 10.4. The van der Waals surface area contributed by atoms with E-state index in [2.05, 4.69) is 168 Å². The predicted octanol–water partition coefficient (Wildman–Crippen LogP) is 39.3. The Bertz CT molecular complexity index is 2690. The molecule has 0 aliphatic carbocycles. The molecule has 0 bridgehead atoms. The summed E-state index contributed by atoms with van der Waals surface area (Å²) in [6.45, 7) is 48.3. The van der Waals surface area contributed by atoms with Crippen molar-refractivity contribution in [2.45, 2.75) is 551 Å². The second-order valence-electron chi connectivity index (χ2n) is 40.1. The second-order valence-corrected chi connectivity index (χ2v) is 43.5. The molecule has 0 amide bonds. The predicted molar refractivity (Wildman–Crippen MR) is 534 cm³/mol. The van der Waals surface area contributed by atoms with Gasteiger partial charge in [0, 0.05) is 22.6 Å². The van der Waals surface area contributed by atoms with Crippen LogP contribution in [-0.2, 0) is 43.4 Å². The number of benzene rings is 3. The van der Waals surface area contributed by atoms with Gasteiger partial charge >= 0.3 is 25.8 Å². The zero-order valence-corrected chi connectivity index (χ0v) is 86.2. The molecule has 1 unspecified atom stereocenters. The molecule has 0 saturated carbocycles. The Kier molecular flexibility index (Phi) is 68.2. The summed E-state index contributed by atoms with van der Waals surface area (Å²) < 4.78 is 62.5. The number of aryl methyl sites for hydroxylation is 3. The highest BCUT2D eigenvalue weighted by Crippen LogP contribution is 2.53. The monoisotopic (exact) mass is 1750 g/mol. The molecule has 9 nitrogen and oxygen atoms in total. The van der Waals surface area contributed by atoms with Crippen molar-refractivity contribution in [2.75, 3.05) is 39.6 Å². The Morgan fingerprint density at radius 1 is 0.223 bits per heavy atom. The minimum absolute atomic E-state index is 0.0108. The Morgan fingerprint density at radius 3 is 0.554 bits per heavy atom. The lowest BCUT2D eigenvalue weighted by atomic mass is 9.74. The second kappa shape index (κ2) is 72.9. The van der Waals surface area contributed by atoms with Crippen LogP contribution in [0.15, 0.2) is 36.4 Å². The molecular weight excluding hydrogens is 1550 g/mol. The third kappa shape index (κ3) is 55.0. The topological polar surface area (TPSA) is 83.1 Å². The maximum atomic E-state index is 7.28. The molecule has 0 N–H and O–H groups in total.